The topological polar surface area (TPSA) is 38.3 Å². The number of hydrogen-bond acceptors (Lipinski definition) is 2. The van der Waals surface area contributed by atoms with E-state index in [1.165, 1.54) is 12.1 Å². The maximum Gasteiger partial charge on any atom is 0.260 e. The van der Waals surface area contributed by atoms with Crippen molar-refractivity contribution in [1.29, 1.82) is 0 Å². The second-order valence-electron chi connectivity index (χ2n) is 4.45. The standard InChI is InChI=1S/C13H16FNO2/c1-8-3-4-10(14)7-12(8)17-9(2)13(16)15-11-5-6-11/h3-4,7,9,11H,5-6H2,1-2H3,(H,15,16). The maximum absolute atomic E-state index is 13.0. The van der Waals surface area contributed by atoms with Crippen molar-refractivity contribution in [2.24, 2.45) is 0 Å². The van der Waals surface area contributed by atoms with Gasteiger partial charge in [0.1, 0.15) is 11.6 Å². The zero-order chi connectivity index (χ0) is 12.4. The molecule has 1 unspecified atom stereocenters. The lowest BCUT2D eigenvalue weighted by Gasteiger charge is -2.16. The van der Waals surface area contributed by atoms with E-state index in [0.29, 0.717) is 11.8 Å². The van der Waals surface area contributed by atoms with E-state index in [4.69, 9.17) is 4.74 Å². The monoisotopic (exact) mass is 237 g/mol. The van der Waals surface area contributed by atoms with Crippen LogP contribution in [0.1, 0.15) is 25.3 Å². The quantitative estimate of drug-likeness (QED) is 0.871. The molecular weight excluding hydrogens is 221 g/mol. The number of aryl methyl sites for hydroxylation is 1. The van der Waals surface area contributed by atoms with Gasteiger partial charge in [0.05, 0.1) is 0 Å². The molecule has 2 rings (SSSR count). The minimum atomic E-state index is -0.601. The smallest absolute Gasteiger partial charge is 0.260 e. The summed E-state index contributed by atoms with van der Waals surface area (Å²) >= 11 is 0. The van der Waals surface area contributed by atoms with Gasteiger partial charge in [-0.15, -0.1) is 0 Å². The summed E-state index contributed by atoms with van der Waals surface area (Å²) in [5.41, 5.74) is 0.817. The summed E-state index contributed by atoms with van der Waals surface area (Å²) in [4.78, 5) is 11.7. The lowest BCUT2D eigenvalue weighted by atomic mass is 10.2. The van der Waals surface area contributed by atoms with E-state index in [9.17, 15) is 9.18 Å². The summed E-state index contributed by atoms with van der Waals surface area (Å²) in [6.07, 6.45) is 1.48. The van der Waals surface area contributed by atoms with E-state index in [0.717, 1.165) is 18.4 Å². The summed E-state index contributed by atoms with van der Waals surface area (Å²) in [5.74, 6) is -0.0833. The normalized spacial score (nSPS) is 16.4. The molecule has 0 radical (unpaired) electrons. The Labute approximate surface area is 100.0 Å². The molecule has 0 aromatic heterocycles. The highest BCUT2D eigenvalue weighted by atomic mass is 19.1. The molecule has 1 aliphatic carbocycles. The van der Waals surface area contributed by atoms with Gasteiger partial charge in [0.15, 0.2) is 6.10 Å². The second-order valence-corrected chi connectivity index (χ2v) is 4.45. The van der Waals surface area contributed by atoms with Crippen molar-refractivity contribution >= 4 is 5.91 Å². The highest BCUT2D eigenvalue weighted by Crippen LogP contribution is 2.21. The Morgan fingerprint density at radius 3 is 2.88 bits per heavy atom. The summed E-state index contributed by atoms with van der Waals surface area (Å²) < 4.78 is 18.5. The average molecular weight is 237 g/mol. The second kappa shape index (κ2) is 4.73. The minimum Gasteiger partial charge on any atom is -0.481 e. The zero-order valence-electron chi connectivity index (χ0n) is 10.00. The van der Waals surface area contributed by atoms with E-state index in [2.05, 4.69) is 5.32 Å². The van der Waals surface area contributed by atoms with Gasteiger partial charge in [0.25, 0.3) is 5.91 Å². The number of hydrogen-bond donors (Lipinski definition) is 1. The molecule has 0 aliphatic heterocycles. The molecule has 1 atom stereocenters. The van der Waals surface area contributed by atoms with Crippen LogP contribution in [0.3, 0.4) is 0 Å². The van der Waals surface area contributed by atoms with Crippen LogP contribution >= 0.6 is 0 Å². The van der Waals surface area contributed by atoms with Gasteiger partial charge in [-0.05, 0) is 38.3 Å². The first kappa shape index (κ1) is 11.9. The maximum atomic E-state index is 13.0. The van der Waals surface area contributed by atoms with Crippen LogP contribution in [0.4, 0.5) is 4.39 Å². The molecule has 0 saturated heterocycles. The van der Waals surface area contributed by atoms with Gasteiger partial charge in [0, 0.05) is 12.1 Å². The van der Waals surface area contributed by atoms with Crippen molar-refractivity contribution in [2.45, 2.75) is 38.8 Å². The summed E-state index contributed by atoms with van der Waals surface area (Å²) in [6, 6.07) is 4.62. The fourth-order valence-corrected chi connectivity index (χ4v) is 1.49. The van der Waals surface area contributed by atoms with Crippen LogP contribution in [-0.4, -0.2) is 18.1 Å². The number of nitrogens with one attached hydrogen (secondary N) is 1. The Bertz CT molecular complexity index is 429. The van der Waals surface area contributed by atoms with Gasteiger partial charge in [-0.25, -0.2) is 4.39 Å². The summed E-state index contributed by atoms with van der Waals surface area (Å²) in [7, 11) is 0. The Morgan fingerprint density at radius 1 is 1.53 bits per heavy atom. The Kier molecular flexibility index (Phi) is 3.31. The molecule has 1 aromatic rings. The van der Waals surface area contributed by atoms with Crippen LogP contribution in [0.15, 0.2) is 18.2 Å². The third-order valence-corrected chi connectivity index (χ3v) is 2.75. The first-order valence-electron chi connectivity index (χ1n) is 5.79. The Morgan fingerprint density at radius 2 is 2.24 bits per heavy atom. The molecule has 0 heterocycles. The van der Waals surface area contributed by atoms with Crippen LogP contribution < -0.4 is 10.1 Å². The van der Waals surface area contributed by atoms with Crippen molar-refractivity contribution in [3.63, 3.8) is 0 Å². The number of amides is 1. The summed E-state index contributed by atoms with van der Waals surface area (Å²) in [5, 5.41) is 2.85. The Balaban J connectivity index is 1.98. The van der Waals surface area contributed by atoms with Crippen molar-refractivity contribution in [3.05, 3.63) is 29.6 Å². The predicted molar refractivity (Wildman–Crippen MR) is 62.4 cm³/mol. The van der Waals surface area contributed by atoms with E-state index in [1.54, 1.807) is 13.0 Å². The molecule has 0 spiro atoms. The number of carbonyl (C=O) groups is 1. The molecule has 1 aliphatic rings. The number of rotatable bonds is 4. The lowest BCUT2D eigenvalue weighted by Crippen LogP contribution is -2.37. The molecule has 0 bridgehead atoms. The average Bonchev–Trinajstić information content (AvgIpc) is 3.07. The first-order valence-corrected chi connectivity index (χ1v) is 5.79. The highest BCUT2D eigenvalue weighted by molar-refractivity contribution is 5.81. The summed E-state index contributed by atoms with van der Waals surface area (Å²) in [6.45, 7) is 3.49. The van der Waals surface area contributed by atoms with E-state index >= 15 is 0 Å². The van der Waals surface area contributed by atoms with Crippen LogP contribution in [0, 0.1) is 12.7 Å². The minimum absolute atomic E-state index is 0.142. The van der Waals surface area contributed by atoms with Crippen LogP contribution in [0.5, 0.6) is 5.75 Å². The van der Waals surface area contributed by atoms with Crippen molar-refractivity contribution in [2.75, 3.05) is 0 Å². The molecule has 17 heavy (non-hydrogen) atoms. The molecule has 1 fully saturated rings. The third-order valence-electron chi connectivity index (χ3n) is 2.75. The largest absolute Gasteiger partial charge is 0.481 e. The van der Waals surface area contributed by atoms with E-state index < -0.39 is 6.10 Å². The van der Waals surface area contributed by atoms with Crippen LogP contribution in [0.25, 0.3) is 0 Å². The van der Waals surface area contributed by atoms with Crippen molar-refractivity contribution in [1.82, 2.24) is 5.32 Å². The van der Waals surface area contributed by atoms with E-state index in [1.807, 2.05) is 6.92 Å². The molecular formula is C13H16FNO2. The highest BCUT2D eigenvalue weighted by Gasteiger charge is 2.26. The fourth-order valence-electron chi connectivity index (χ4n) is 1.49. The fraction of sp³-hybridized carbons (Fsp3) is 0.462. The number of benzene rings is 1. The van der Waals surface area contributed by atoms with Crippen LogP contribution in [-0.2, 0) is 4.79 Å². The molecule has 4 heteroatoms. The molecule has 1 N–H and O–H groups in total. The number of carbonyl (C=O) groups excluding carboxylic acids is 1. The van der Waals surface area contributed by atoms with Crippen molar-refractivity contribution < 1.29 is 13.9 Å². The van der Waals surface area contributed by atoms with Gasteiger partial charge < -0.3 is 10.1 Å². The SMILES string of the molecule is Cc1ccc(F)cc1OC(C)C(=O)NC1CC1. The van der Waals surface area contributed by atoms with Gasteiger partial charge in [-0.3, -0.25) is 4.79 Å². The number of ether oxygens (including phenoxy) is 1. The molecule has 3 nitrogen and oxygen atoms in total. The van der Waals surface area contributed by atoms with Gasteiger partial charge >= 0.3 is 0 Å². The Hall–Kier alpha value is -1.58. The van der Waals surface area contributed by atoms with Gasteiger partial charge in [-0.1, -0.05) is 6.07 Å². The molecule has 1 saturated carbocycles. The first-order chi connectivity index (χ1) is 8.06. The predicted octanol–water partition coefficient (Wildman–Crippen LogP) is 2.18. The molecule has 92 valence electrons. The third kappa shape index (κ3) is 3.19. The molecule has 1 amide bonds. The lowest BCUT2D eigenvalue weighted by molar-refractivity contribution is -0.127. The van der Waals surface area contributed by atoms with Crippen LogP contribution in [0.2, 0.25) is 0 Å². The van der Waals surface area contributed by atoms with Gasteiger partial charge in [0.2, 0.25) is 0 Å². The molecule has 1 aromatic carbocycles. The van der Waals surface area contributed by atoms with E-state index in [-0.39, 0.29) is 11.7 Å². The number of halogens is 1. The van der Waals surface area contributed by atoms with Crippen molar-refractivity contribution in [3.8, 4) is 5.75 Å². The van der Waals surface area contributed by atoms with Gasteiger partial charge in [-0.2, -0.15) is 0 Å². The zero-order valence-corrected chi connectivity index (χ0v) is 10.00.